The summed E-state index contributed by atoms with van der Waals surface area (Å²) in [5.41, 5.74) is 8.09. The molecule has 1 rings (SSSR count). The fourth-order valence-corrected chi connectivity index (χ4v) is 1.16. The van der Waals surface area contributed by atoms with Gasteiger partial charge in [-0.25, -0.2) is 0 Å². The lowest BCUT2D eigenvalue weighted by atomic mass is 10.0. The first-order valence-electron chi connectivity index (χ1n) is 4.30. The van der Waals surface area contributed by atoms with E-state index in [1.165, 1.54) is 11.1 Å². The maximum atomic E-state index is 5.47. The van der Waals surface area contributed by atoms with Crippen LogP contribution in [0.2, 0.25) is 0 Å². The van der Waals surface area contributed by atoms with Crippen LogP contribution in [0.3, 0.4) is 0 Å². The van der Waals surface area contributed by atoms with E-state index in [9.17, 15) is 0 Å². The summed E-state index contributed by atoms with van der Waals surface area (Å²) in [4.78, 5) is 0. The Balaban J connectivity index is 2.64. The highest BCUT2D eigenvalue weighted by Gasteiger charge is 1.94. The molecule has 0 saturated carbocycles. The van der Waals surface area contributed by atoms with E-state index in [1.807, 2.05) is 6.07 Å². The molecule has 0 unspecified atom stereocenters. The number of benzene rings is 1. The van der Waals surface area contributed by atoms with Crippen molar-refractivity contribution < 1.29 is 0 Å². The third-order valence-corrected chi connectivity index (χ3v) is 1.96. The van der Waals surface area contributed by atoms with Crippen molar-refractivity contribution in [1.29, 1.82) is 0 Å². The number of rotatable bonds is 3. The van der Waals surface area contributed by atoms with Gasteiger partial charge in [-0.05, 0) is 24.6 Å². The van der Waals surface area contributed by atoms with Crippen molar-refractivity contribution in [3.63, 3.8) is 0 Å². The second-order valence-corrected chi connectivity index (χ2v) is 2.84. The lowest BCUT2D eigenvalue weighted by Gasteiger charge is -2.02. The van der Waals surface area contributed by atoms with Gasteiger partial charge in [0.2, 0.25) is 0 Å². The Bertz CT molecular complexity index is 249. The van der Waals surface area contributed by atoms with E-state index in [1.54, 1.807) is 6.20 Å². The zero-order chi connectivity index (χ0) is 8.81. The van der Waals surface area contributed by atoms with Crippen LogP contribution in [0.25, 0.3) is 0 Å². The molecule has 0 aliphatic heterocycles. The van der Waals surface area contributed by atoms with Gasteiger partial charge in [-0.2, -0.15) is 0 Å². The van der Waals surface area contributed by atoms with Gasteiger partial charge in [0.15, 0.2) is 0 Å². The minimum absolute atomic E-state index is 0.980. The Hall–Kier alpha value is -1.24. The summed E-state index contributed by atoms with van der Waals surface area (Å²) < 4.78 is 0. The Morgan fingerprint density at radius 3 is 2.50 bits per heavy atom. The van der Waals surface area contributed by atoms with E-state index in [4.69, 9.17) is 5.73 Å². The van der Waals surface area contributed by atoms with Crippen LogP contribution >= 0.6 is 0 Å². The number of nitrogens with two attached hydrogens (primary N) is 1. The van der Waals surface area contributed by atoms with E-state index in [2.05, 4.69) is 31.2 Å². The van der Waals surface area contributed by atoms with Crippen molar-refractivity contribution in [3.05, 3.63) is 47.7 Å². The normalized spacial score (nSPS) is 11.6. The zero-order valence-electron chi connectivity index (χ0n) is 7.46. The van der Waals surface area contributed by atoms with Crippen molar-refractivity contribution >= 4 is 0 Å². The lowest BCUT2D eigenvalue weighted by Crippen LogP contribution is -1.92. The van der Waals surface area contributed by atoms with Gasteiger partial charge in [0, 0.05) is 0 Å². The monoisotopic (exact) mass is 161 g/mol. The standard InChI is InChI=1S/C11H15N/c1-2-10(9-12)8-11-6-4-3-5-7-11/h3-7,9H,2,8,12H2,1H3. The van der Waals surface area contributed by atoms with Gasteiger partial charge in [-0.1, -0.05) is 42.8 Å². The van der Waals surface area contributed by atoms with Crippen molar-refractivity contribution in [3.8, 4) is 0 Å². The summed E-state index contributed by atoms with van der Waals surface area (Å²) >= 11 is 0. The summed E-state index contributed by atoms with van der Waals surface area (Å²) in [6, 6.07) is 10.4. The number of hydrogen-bond acceptors (Lipinski definition) is 1. The van der Waals surface area contributed by atoms with Gasteiger partial charge in [-0.15, -0.1) is 0 Å². The Labute approximate surface area is 73.9 Å². The first-order chi connectivity index (χ1) is 5.86. The molecule has 1 nitrogen and oxygen atoms in total. The van der Waals surface area contributed by atoms with Gasteiger partial charge in [0.1, 0.15) is 0 Å². The first kappa shape index (κ1) is 8.85. The highest BCUT2D eigenvalue weighted by Crippen LogP contribution is 2.09. The van der Waals surface area contributed by atoms with E-state index in [0.29, 0.717) is 0 Å². The Kier molecular flexibility index (Phi) is 3.39. The molecule has 0 amide bonds. The summed E-state index contributed by atoms with van der Waals surface area (Å²) in [5.74, 6) is 0. The van der Waals surface area contributed by atoms with Crippen LogP contribution in [0, 0.1) is 0 Å². The molecule has 0 spiro atoms. The van der Waals surface area contributed by atoms with Crippen molar-refractivity contribution in [2.45, 2.75) is 19.8 Å². The van der Waals surface area contributed by atoms with Crippen molar-refractivity contribution in [2.24, 2.45) is 5.73 Å². The van der Waals surface area contributed by atoms with Crippen molar-refractivity contribution in [1.82, 2.24) is 0 Å². The molecule has 0 radical (unpaired) electrons. The molecule has 0 aliphatic rings. The molecule has 0 aliphatic carbocycles. The maximum Gasteiger partial charge on any atom is -0.00500 e. The third-order valence-electron chi connectivity index (χ3n) is 1.96. The molecule has 12 heavy (non-hydrogen) atoms. The van der Waals surface area contributed by atoms with Crippen LogP contribution in [0.5, 0.6) is 0 Å². The highest BCUT2D eigenvalue weighted by atomic mass is 14.5. The number of hydrogen-bond donors (Lipinski definition) is 1. The summed E-state index contributed by atoms with van der Waals surface area (Å²) in [6.07, 6.45) is 3.73. The number of allylic oxidation sites excluding steroid dienone is 1. The van der Waals surface area contributed by atoms with Crippen molar-refractivity contribution in [2.75, 3.05) is 0 Å². The minimum Gasteiger partial charge on any atom is -0.405 e. The van der Waals surface area contributed by atoms with Crippen LogP contribution in [-0.4, -0.2) is 0 Å². The van der Waals surface area contributed by atoms with Gasteiger partial charge in [0.25, 0.3) is 0 Å². The molecular formula is C11H15N. The van der Waals surface area contributed by atoms with Crippen LogP contribution in [0.4, 0.5) is 0 Å². The fraction of sp³-hybridized carbons (Fsp3) is 0.273. The van der Waals surface area contributed by atoms with Gasteiger partial charge >= 0.3 is 0 Å². The predicted molar refractivity (Wildman–Crippen MR) is 52.7 cm³/mol. The van der Waals surface area contributed by atoms with Crippen LogP contribution in [0.1, 0.15) is 18.9 Å². The second kappa shape index (κ2) is 4.60. The first-order valence-corrected chi connectivity index (χ1v) is 4.30. The maximum absolute atomic E-state index is 5.47. The van der Waals surface area contributed by atoms with E-state index in [-0.39, 0.29) is 0 Å². The lowest BCUT2D eigenvalue weighted by molar-refractivity contribution is 0.994. The average Bonchev–Trinajstić information content (AvgIpc) is 2.16. The molecule has 0 heterocycles. The van der Waals surface area contributed by atoms with Gasteiger partial charge in [0.05, 0.1) is 0 Å². The van der Waals surface area contributed by atoms with E-state index < -0.39 is 0 Å². The third kappa shape index (κ3) is 2.42. The van der Waals surface area contributed by atoms with Gasteiger partial charge < -0.3 is 5.73 Å². The molecule has 64 valence electrons. The largest absolute Gasteiger partial charge is 0.405 e. The Morgan fingerprint density at radius 1 is 1.33 bits per heavy atom. The smallest absolute Gasteiger partial charge is 0.00500 e. The van der Waals surface area contributed by atoms with Gasteiger partial charge in [-0.3, -0.25) is 0 Å². The molecule has 0 aromatic heterocycles. The second-order valence-electron chi connectivity index (χ2n) is 2.84. The highest BCUT2D eigenvalue weighted by molar-refractivity contribution is 5.21. The van der Waals surface area contributed by atoms with Crippen LogP contribution in [0.15, 0.2) is 42.1 Å². The summed E-state index contributed by atoms with van der Waals surface area (Å²) in [5, 5.41) is 0. The molecule has 0 fully saturated rings. The van der Waals surface area contributed by atoms with Crippen LogP contribution < -0.4 is 5.73 Å². The van der Waals surface area contributed by atoms with Crippen LogP contribution in [-0.2, 0) is 6.42 Å². The zero-order valence-corrected chi connectivity index (χ0v) is 7.46. The predicted octanol–water partition coefficient (Wildman–Crippen LogP) is 2.48. The average molecular weight is 161 g/mol. The molecule has 1 heteroatoms. The Morgan fingerprint density at radius 2 is 2.00 bits per heavy atom. The molecule has 0 atom stereocenters. The molecule has 1 aromatic carbocycles. The summed E-state index contributed by atoms with van der Waals surface area (Å²) in [6.45, 7) is 2.13. The molecular weight excluding hydrogens is 146 g/mol. The molecule has 0 bridgehead atoms. The van der Waals surface area contributed by atoms with E-state index in [0.717, 1.165) is 12.8 Å². The SMILES string of the molecule is CCC(=CN)Cc1ccccc1. The molecule has 1 aromatic rings. The van der Waals surface area contributed by atoms with E-state index >= 15 is 0 Å². The molecule has 0 saturated heterocycles. The minimum atomic E-state index is 0.980. The topological polar surface area (TPSA) is 26.0 Å². The quantitative estimate of drug-likeness (QED) is 0.724. The fourth-order valence-electron chi connectivity index (χ4n) is 1.16. The molecule has 2 N–H and O–H groups in total. The summed E-state index contributed by atoms with van der Waals surface area (Å²) in [7, 11) is 0.